The fourth-order valence-electron chi connectivity index (χ4n) is 0.371. The first-order valence-corrected chi connectivity index (χ1v) is 5.57. The van der Waals surface area contributed by atoms with Crippen molar-refractivity contribution in [3.63, 3.8) is 0 Å². The Hall–Kier alpha value is 0.130. The fraction of sp³-hybridized carbons (Fsp3) is 0.800. The summed E-state index contributed by atoms with van der Waals surface area (Å²) in [5.41, 5.74) is 0. The van der Waals surface area contributed by atoms with E-state index in [1.807, 2.05) is 6.26 Å². The first kappa shape index (κ1) is 10.1. The number of carbonyl (C=O) groups excluding carboxylic acids is 1. The van der Waals surface area contributed by atoms with E-state index in [2.05, 4.69) is 5.32 Å². The van der Waals surface area contributed by atoms with Gasteiger partial charge in [0.25, 0.3) is 0 Å². The van der Waals surface area contributed by atoms with Crippen molar-refractivity contribution < 1.29 is 9.90 Å². The zero-order chi connectivity index (χ0) is 7.82. The fourth-order valence-corrected chi connectivity index (χ4v) is 1.47. The van der Waals surface area contributed by atoms with E-state index < -0.39 is 6.61 Å². The minimum absolute atomic E-state index is 0.304. The van der Waals surface area contributed by atoms with Crippen molar-refractivity contribution in [2.24, 2.45) is 0 Å². The smallest absolute Gasteiger partial charge is 0.245 e. The second-order valence-corrected chi connectivity index (χ2v) is 4.18. The molecule has 60 valence electrons. The number of hydrogen-bond donors (Lipinski definition) is 2. The molecule has 2 N–H and O–H groups in total. The van der Waals surface area contributed by atoms with Crippen molar-refractivity contribution in [2.75, 3.05) is 25.2 Å². The Balaban J connectivity index is 2.96. The molecule has 0 saturated carbocycles. The predicted octanol–water partition coefficient (Wildman–Crippen LogP) is 0.106. The van der Waals surface area contributed by atoms with Gasteiger partial charge < -0.3 is 10.4 Å². The molecule has 0 aromatic carbocycles. The van der Waals surface area contributed by atoms with Crippen LogP contribution in [0, 0.1) is 0 Å². The van der Waals surface area contributed by atoms with Crippen LogP contribution in [0.25, 0.3) is 0 Å². The van der Waals surface area contributed by atoms with E-state index in [-0.39, 0.29) is 5.91 Å². The van der Waals surface area contributed by atoms with Crippen molar-refractivity contribution in [1.29, 1.82) is 0 Å². The molecule has 5 heteroatoms. The highest BCUT2D eigenvalue weighted by Crippen LogP contribution is 2.14. The van der Waals surface area contributed by atoms with Crippen LogP contribution in [0.3, 0.4) is 0 Å². The Morgan fingerprint density at radius 3 is 2.90 bits per heavy atom. The van der Waals surface area contributed by atoms with Gasteiger partial charge in [0.05, 0.1) is 0 Å². The second-order valence-electron chi connectivity index (χ2n) is 1.50. The van der Waals surface area contributed by atoms with Crippen molar-refractivity contribution in [3.8, 4) is 0 Å². The average Bonchev–Trinajstić information content (AvgIpc) is 1.98. The standard InChI is InChI=1S/C5H11NO2S2/c1-9-10-3-2-6-5(8)4-7/h7H,2-4H2,1H3,(H,6,8). The van der Waals surface area contributed by atoms with Gasteiger partial charge in [-0.1, -0.05) is 21.6 Å². The zero-order valence-corrected chi connectivity index (χ0v) is 7.43. The number of carbonyl (C=O) groups is 1. The van der Waals surface area contributed by atoms with E-state index in [1.165, 1.54) is 0 Å². The first-order valence-electron chi connectivity index (χ1n) is 2.84. The molecule has 0 bridgehead atoms. The van der Waals surface area contributed by atoms with Crippen LogP contribution in [0.1, 0.15) is 0 Å². The maximum Gasteiger partial charge on any atom is 0.245 e. The van der Waals surface area contributed by atoms with Gasteiger partial charge >= 0.3 is 0 Å². The summed E-state index contributed by atoms with van der Waals surface area (Å²) in [7, 11) is 3.34. The second kappa shape index (κ2) is 7.24. The predicted molar refractivity (Wildman–Crippen MR) is 46.1 cm³/mol. The van der Waals surface area contributed by atoms with Gasteiger partial charge in [-0.3, -0.25) is 4.79 Å². The largest absolute Gasteiger partial charge is 0.387 e. The van der Waals surface area contributed by atoms with Gasteiger partial charge in [0.2, 0.25) is 5.91 Å². The van der Waals surface area contributed by atoms with Crippen molar-refractivity contribution in [2.45, 2.75) is 0 Å². The molecule has 10 heavy (non-hydrogen) atoms. The molecule has 3 nitrogen and oxygen atoms in total. The van der Waals surface area contributed by atoms with E-state index in [4.69, 9.17) is 5.11 Å². The highest BCUT2D eigenvalue weighted by atomic mass is 33.1. The first-order chi connectivity index (χ1) is 4.81. The van der Waals surface area contributed by atoms with Crippen LogP contribution in [0.5, 0.6) is 0 Å². The van der Waals surface area contributed by atoms with Gasteiger partial charge in [0, 0.05) is 12.3 Å². The highest BCUT2D eigenvalue weighted by molar-refractivity contribution is 8.76. The SMILES string of the molecule is CSSCCNC(=O)CO. The minimum Gasteiger partial charge on any atom is -0.387 e. The van der Waals surface area contributed by atoms with Crippen molar-refractivity contribution in [3.05, 3.63) is 0 Å². The van der Waals surface area contributed by atoms with Crippen LogP contribution in [-0.4, -0.2) is 36.2 Å². The third-order valence-electron chi connectivity index (χ3n) is 0.769. The maximum absolute atomic E-state index is 10.4. The summed E-state index contributed by atoms with van der Waals surface area (Å²) in [6.07, 6.45) is 1.98. The van der Waals surface area contributed by atoms with Crippen LogP contribution in [0.2, 0.25) is 0 Å². The molecule has 0 heterocycles. The molecule has 0 fully saturated rings. The van der Waals surface area contributed by atoms with E-state index in [1.54, 1.807) is 21.6 Å². The zero-order valence-electron chi connectivity index (χ0n) is 5.79. The Kier molecular flexibility index (Phi) is 7.33. The topological polar surface area (TPSA) is 49.3 Å². The molecule has 0 aliphatic heterocycles. The maximum atomic E-state index is 10.4. The minimum atomic E-state index is -0.413. The van der Waals surface area contributed by atoms with Gasteiger partial charge in [-0.2, -0.15) is 0 Å². The van der Waals surface area contributed by atoms with Crippen LogP contribution in [0.15, 0.2) is 0 Å². The lowest BCUT2D eigenvalue weighted by atomic mass is 10.6. The molecule has 0 aromatic heterocycles. The Morgan fingerprint density at radius 1 is 1.70 bits per heavy atom. The number of amides is 1. The van der Waals surface area contributed by atoms with Crippen LogP contribution < -0.4 is 5.32 Å². The summed E-state index contributed by atoms with van der Waals surface area (Å²) in [4.78, 5) is 10.4. The summed E-state index contributed by atoms with van der Waals surface area (Å²) >= 11 is 0. The van der Waals surface area contributed by atoms with Crippen molar-refractivity contribution in [1.82, 2.24) is 5.32 Å². The summed E-state index contributed by atoms with van der Waals surface area (Å²) < 4.78 is 0. The third kappa shape index (κ3) is 6.25. The highest BCUT2D eigenvalue weighted by Gasteiger charge is 1.94. The third-order valence-corrected chi connectivity index (χ3v) is 2.58. The monoisotopic (exact) mass is 181 g/mol. The normalized spacial score (nSPS) is 9.40. The number of aliphatic hydroxyl groups excluding tert-OH is 1. The Bertz CT molecular complexity index is 99.6. The Labute approximate surface area is 68.4 Å². The summed E-state index contributed by atoms with van der Waals surface area (Å²) in [6.45, 7) is 0.217. The molecule has 0 saturated heterocycles. The van der Waals surface area contributed by atoms with Gasteiger partial charge in [0.15, 0.2) is 0 Å². The lowest BCUT2D eigenvalue weighted by Gasteiger charge is -1.99. The van der Waals surface area contributed by atoms with Gasteiger partial charge in [0.1, 0.15) is 6.61 Å². The summed E-state index contributed by atoms with van der Waals surface area (Å²) in [5.74, 6) is 0.578. The lowest BCUT2D eigenvalue weighted by molar-refractivity contribution is -0.123. The number of rotatable bonds is 5. The molecule has 0 rings (SSSR count). The van der Waals surface area contributed by atoms with Crippen molar-refractivity contribution >= 4 is 27.5 Å². The summed E-state index contributed by atoms with van der Waals surface area (Å²) in [6, 6.07) is 0. The molecule has 0 radical (unpaired) electrons. The molecular weight excluding hydrogens is 170 g/mol. The molecule has 0 spiro atoms. The van der Waals surface area contributed by atoms with E-state index >= 15 is 0 Å². The van der Waals surface area contributed by atoms with Crippen LogP contribution in [0.4, 0.5) is 0 Å². The lowest BCUT2D eigenvalue weighted by Crippen LogP contribution is -2.28. The van der Waals surface area contributed by atoms with Crippen LogP contribution >= 0.6 is 21.6 Å². The Morgan fingerprint density at radius 2 is 2.40 bits per heavy atom. The number of hydrogen-bond acceptors (Lipinski definition) is 4. The average molecular weight is 181 g/mol. The number of aliphatic hydroxyl groups is 1. The van der Waals surface area contributed by atoms with Gasteiger partial charge in [-0.15, -0.1) is 0 Å². The molecule has 0 aromatic rings. The molecular formula is C5H11NO2S2. The summed E-state index contributed by atoms with van der Waals surface area (Å²) in [5, 5.41) is 10.8. The molecule has 0 unspecified atom stereocenters. The van der Waals surface area contributed by atoms with E-state index in [0.717, 1.165) is 5.75 Å². The van der Waals surface area contributed by atoms with Gasteiger partial charge in [-0.25, -0.2) is 0 Å². The van der Waals surface area contributed by atoms with E-state index in [0.29, 0.717) is 6.54 Å². The van der Waals surface area contributed by atoms with E-state index in [9.17, 15) is 4.79 Å². The molecule has 0 atom stereocenters. The molecule has 0 aliphatic carbocycles. The molecule has 1 amide bonds. The van der Waals surface area contributed by atoms with Gasteiger partial charge in [-0.05, 0) is 6.26 Å². The number of nitrogens with one attached hydrogen (secondary N) is 1. The quantitative estimate of drug-likeness (QED) is 0.467. The van der Waals surface area contributed by atoms with Crippen LogP contribution in [-0.2, 0) is 4.79 Å². The molecule has 0 aliphatic rings.